The van der Waals surface area contributed by atoms with E-state index in [1.165, 1.54) is 18.2 Å². The summed E-state index contributed by atoms with van der Waals surface area (Å²) in [5.41, 5.74) is 2.80. The molecule has 0 saturated heterocycles. The molecule has 0 aliphatic rings. The fraction of sp³-hybridized carbons (Fsp3) is 0.105. The molecular formula is C19H18N4O3. The summed E-state index contributed by atoms with van der Waals surface area (Å²) >= 11 is 0. The second-order valence-electron chi connectivity index (χ2n) is 5.82. The van der Waals surface area contributed by atoms with Crippen molar-refractivity contribution in [1.29, 1.82) is 0 Å². The Balaban J connectivity index is 1.88. The van der Waals surface area contributed by atoms with E-state index in [4.69, 9.17) is 0 Å². The minimum absolute atomic E-state index is 0.0492. The van der Waals surface area contributed by atoms with Gasteiger partial charge in [-0.3, -0.25) is 14.3 Å². The Morgan fingerprint density at radius 3 is 2.58 bits per heavy atom. The number of benzene rings is 2. The van der Waals surface area contributed by atoms with Crippen LogP contribution in [0.15, 0.2) is 49.1 Å². The van der Waals surface area contributed by atoms with Gasteiger partial charge in [-0.05, 0) is 49.4 Å². The Morgan fingerprint density at radius 1 is 1.15 bits per heavy atom. The predicted molar refractivity (Wildman–Crippen MR) is 100 cm³/mol. The Bertz CT molecular complexity index is 1040. The molecule has 1 aromatic heterocycles. The summed E-state index contributed by atoms with van der Waals surface area (Å²) in [6, 6.07) is 9.72. The van der Waals surface area contributed by atoms with Gasteiger partial charge in [0.15, 0.2) is 0 Å². The molecule has 2 amide bonds. The number of amides is 2. The van der Waals surface area contributed by atoms with E-state index in [9.17, 15) is 14.7 Å². The molecule has 0 bridgehead atoms. The monoisotopic (exact) mass is 350 g/mol. The average molecular weight is 350 g/mol. The smallest absolute Gasteiger partial charge is 0.259 e. The van der Waals surface area contributed by atoms with E-state index in [-0.39, 0.29) is 11.3 Å². The van der Waals surface area contributed by atoms with Crippen LogP contribution in [0, 0.1) is 6.92 Å². The van der Waals surface area contributed by atoms with Gasteiger partial charge in [0.2, 0.25) is 5.91 Å². The summed E-state index contributed by atoms with van der Waals surface area (Å²) in [6.45, 7) is 5.29. The number of phenols is 1. The van der Waals surface area contributed by atoms with E-state index >= 15 is 0 Å². The SMILES string of the molecule is C=CC(=O)Nc1ccc(O)c(C(=O)Nc2ccc3c(C)nn(C)c3c2)c1. The Kier molecular flexibility index (Phi) is 4.45. The van der Waals surface area contributed by atoms with E-state index < -0.39 is 11.8 Å². The molecule has 0 spiro atoms. The molecule has 1 heterocycles. The fourth-order valence-corrected chi connectivity index (χ4v) is 2.70. The number of rotatable bonds is 4. The minimum atomic E-state index is -0.490. The molecule has 0 unspecified atom stereocenters. The van der Waals surface area contributed by atoms with Crippen molar-refractivity contribution < 1.29 is 14.7 Å². The maximum absolute atomic E-state index is 12.5. The van der Waals surface area contributed by atoms with Crippen molar-refractivity contribution in [3.8, 4) is 5.75 Å². The molecule has 132 valence electrons. The van der Waals surface area contributed by atoms with Crippen LogP contribution in [-0.4, -0.2) is 26.7 Å². The number of carbonyl (C=O) groups is 2. The van der Waals surface area contributed by atoms with Crippen molar-refractivity contribution in [2.75, 3.05) is 10.6 Å². The molecule has 3 N–H and O–H groups in total. The number of aryl methyl sites for hydroxylation is 2. The molecule has 0 aliphatic heterocycles. The zero-order valence-electron chi connectivity index (χ0n) is 14.4. The summed E-state index contributed by atoms with van der Waals surface area (Å²) in [6.07, 6.45) is 1.12. The highest BCUT2D eigenvalue weighted by Crippen LogP contribution is 2.25. The van der Waals surface area contributed by atoms with Crippen LogP contribution < -0.4 is 10.6 Å². The molecular weight excluding hydrogens is 332 g/mol. The summed E-state index contributed by atoms with van der Waals surface area (Å²) < 4.78 is 1.74. The number of nitrogens with one attached hydrogen (secondary N) is 2. The highest BCUT2D eigenvalue weighted by molar-refractivity contribution is 6.08. The maximum atomic E-state index is 12.5. The van der Waals surface area contributed by atoms with Crippen molar-refractivity contribution in [2.24, 2.45) is 7.05 Å². The number of nitrogens with zero attached hydrogens (tertiary/aromatic N) is 2. The maximum Gasteiger partial charge on any atom is 0.259 e. The van der Waals surface area contributed by atoms with Crippen molar-refractivity contribution in [1.82, 2.24) is 9.78 Å². The number of hydrogen-bond donors (Lipinski definition) is 3. The summed E-state index contributed by atoms with van der Waals surface area (Å²) in [5, 5.41) is 20.6. The third-order valence-corrected chi connectivity index (χ3v) is 3.99. The van der Waals surface area contributed by atoms with Gasteiger partial charge in [-0.15, -0.1) is 0 Å². The Morgan fingerprint density at radius 2 is 1.85 bits per heavy atom. The van der Waals surface area contributed by atoms with Crippen LogP contribution in [-0.2, 0) is 11.8 Å². The molecule has 3 aromatic rings. The van der Waals surface area contributed by atoms with E-state index in [1.54, 1.807) is 10.7 Å². The van der Waals surface area contributed by atoms with E-state index in [2.05, 4.69) is 22.3 Å². The van der Waals surface area contributed by atoms with Gasteiger partial charge >= 0.3 is 0 Å². The van der Waals surface area contributed by atoms with Gasteiger partial charge in [0.25, 0.3) is 5.91 Å². The number of hydrogen-bond acceptors (Lipinski definition) is 4. The van der Waals surface area contributed by atoms with Gasteiger partial charge in [0, 0.05) is 23.8 Å². The first-order valence-corrected chi connectivity index (χ1v) is 7.90. The van der Waals surface area contributed by atoms with Crippen molar-refractivity contribution in [2.45, 2.75) is 6.92 Å². The number of fused-ring (bicyclic) bond motifs is 1. The van der Waals surface area contributed by atoms with Crippen molar-refractivity contribution in [3.63, 3.8) is 0 Å². The molecule has 0 radical (unpaired) electrons. The van der Waals surface area contributed by atoms with Crippen LogP contribution in [0.5, 0.6) is 5.75 Å². The predicted octanol–water partition coefficient (Wildman–Crippen LogP) is 2.96. The topological polar surface area (TPSA) is 96.2 Å². The molecule has 7 nitrogen and oxygen atoms in total. The van der Waals surface area contributed by atoms with Crippen LogP contribution in [0.25, 0.3) is 10.9 Å². The van der Waals surface area contributed by atoms with Crippen LogP contribution in [0.4, 0.5) is 11.4 Å². The van der Waals surface area contributed by atoms with E-state index in [0.29, 0.717) is 11.4 Å². The van der Waals surface area contributed by atoms with Crippen LogP contribution >= 0.6 is 0 Å². The molecule has 2 aromatic carbocycles. The van der Waals surface area contributed by atoms with E-state index in [0.717, 1.165) is 22.7 Å². The normalized spacial score (nSPS) is 10.5. The van der Waals surface area contributed by atoms with Gasteiger partial charge in [-0.25, -0.2) is 0 Å². The zero-order valence-corrected chi connectivity index (χ0v) is 14.4. The second kappa shape index (κ2) is 6.72. The lowest BCUT2D eigenvalue weighted by atomic mass is 10.1. The van der Waals surface area contributed by atoms with Gasteiger partial charge in [-0.1, -0.05) is 6.58 Å². The van der Waals surface area contributed by atoms with Gasteiger partial charge in [-0.2, -0.15) is 5.10 Å². The summed E-state index contributed by atoms with van der Waals surface area (Å²) in [7, 11) is 1.83. The van der Waals surface area contributed by atoms with Gasteiger partial charge in [0.05, 0.1) is 16.8 Å². The quantitative estimate of drug-likeness (QED) is 0.498. The lowest BCUT2D eigenvalue weighted by Crippen LogP contribution is -2.13. The third-order valence-electron chi connectivity index (χ3n) is 3.99. The summed E-state index contributed by atoms with van der Waals surface area (Å²) in [5.74, 6) is -1.08. The molecule has 0 atom stereocenters. The van der Waals surface area contributed by atoms with Crippen LogP contribution in [0.1, 0.15) is 16.1 Å². The largest absolute Gasteiger partial charge is 0.507 e. The molecule has 0 aliphatic carbocycles. The average Bonchev–Trinajstić information content (AvgIpc) is 2.90. The first-order chi connectivity index (χ1) is 12.4. The number of phenolic OH excluding ortho intramolecular Hbond substituents is 1. The number of carbonyl (C=O) groups excluding carboxylic acids is 2. The molecule has 7 heteroatoms. The number of anilines is 2. The summed E-state index contributed by atoms with van der Waals surface area (Å²) in [4.78, 5) is 23.9. The molecule has 0 saturated carbocycles. The zero-order chi connectivity index (χ0) is 18.8. The number of aromatic hydroxyl groups is 1. The fourth-order valence-electron chi connectivity index (χ4n) is 2.70. The molecule has 3 rings (SSSR count). The first-order valence-electron chi connectivity index (χ1n) is 7.90. The first kappa shape index (κ1) is 17.2. The van der Waals surface area contributed by atoms with Crippen molar-refractivity contribution >= 4 is 34.1 Å². The minimum Gasteiger partial charge on any atom is -0.507 e. The van der Waals surface area contributed by atoms with Gasteiger partial charge < -0.3 is 15.7 Å². The highest BCUT2D eigenvalue weighted by atomic mass is 16.3. The lowest BCUT2D eigenvalue weighted by Gasteiger charge is -2.10. The standard InChI is InChI=1S/C19H18N4O3/c1-4-18(25)20-12-6-8-17(24)15(9-12)19(26)21-13-5-7-14-11(2)22-23(3)16(14)10-13/h4-10,24H,1H2,2-3H3,(H,20,25)(H,21,26). The van der Waals surface area contributed by atoms with Crippen molar-refractivity contribution in [3.05, 3.63) is 60.3 Å². The van der Waals surface area contributed by atoms with Gasteiger partial charge in [0.1, 0.15) is 5.75 Å². The second-order valence-corrected chi connectivity index (χ2v) is 5.82. The number of aromatic nitrogens is 2. The van der Waals surface area contributed by atoms with Crippen LogP contribution in [0.2, 0.25) is 0 Å². The lowest BCUT2D eigenvalue weighted by molar-refractivity contribution is -0.111. The Labute approximate surface area is 149 Å². The van der Waals surface area contributed by atoms with E-state index in [1.807, 2.05) is 26.1 Å². The molecule has 26 heavy (non-hydrogen) atoms. The third kappa shape index (κ3) is 3.27. The Hall–Kier alpha value is -3.61. The van der Waals surface area contributed by atoms with Crippen LogP contribution in [0.3, 0.4) is 0 Å². The molecule has 0 fully saturated rings. The highest BCUT2D eigenvalue weighted by Gasteiger charge is 2.14.